The van der Waals surface area contributed by atoms with Gasteiger partial charge in [0, 0.05) is 32.0 Å². The van der Waals surface area contributed by atoms with Crippen LogP contribution >= 0.6 is 23.5 Å². The first kappa shape index (κ1) is 40.7. The van der Waals surface area contributed by atoms with Gasteiger partial charge in [-0.25, -0.2) is 0 Å². The number of hydrogen-bond donors (Lipinski definition) is 6. The SMILES string of the molecule is CC(C)(Sc1cc(C(C)(C)C)c(O)c(C(C)(C)C)c1)Sc1cc(C(C)(C)C)c(OC[C@@H](O)[C@H](O)[C@H](O)[C@H](O)CO)c(C(C)(C)C)c1. The highest BCUT2D eigenvalue weighted by Crippen LogP contribution is 2.51. The van der Waals surface area contributed by atoms with Gasteiger partial charge in [-0.15, -0.1) is 23.5 Å². The number of hydrogen-bond acceptors (Lipinski definition) is 9. The third-order valence-corrected chi connectivity index (χ3v) is 10.3. The number of phenolic OH excluding ortho intramolecular Hbond substituents is 1. The van der Waals surface area contributed by atoms with Crippen LogP contribution in [0, 0.1) is 0 Å². The number of aliphatic hydroxyl groups is 5. The third kappa shape index (κ3) is 10.5. The summed E-state index contributed by atoms with van der Waals surface area (Å²) in [5.41, 5.74) is 2.63. The Balaban J connectivity index is 2.56. The zero-order valence-corrected chi connectivity index (χ0v) is 32.1. The van der Waals surface area contributed by atoms with E-state index < -0.39 is 31.0 Å². The van der Waals surface area contributed by atoms with Crippen molar-refractivity contribution in [1.82, 2.24) is 0 Å². The first-order valence-corrected chi connectivity index (χ1v) is 17.6. The second kappa shape index (κ2) is 14.6. The minimum absolute atomic E-state index is 0.225. The molecule has 0 fully saturated rings. The van der Waals surface area contributed by atoms with Crippen LogP contribution in [0.3, 0.4) is 0 Å². The quantitative estimate of drug-likeness (QED) is 0.110. The average Bonchev–Trinajstić information content (AvgIpc) is 2.88. The summed E-state index contributed by atoms with van der Waals surface area (Å²) in [6.07, 6.45) is -6.51. The summed E-state index contributed by atoms with van der Waals surface area (Å²) in [7, 11) is 0. The van der Waals surface area contributed by atoms with Crippen LogP contribution in [0.2, 0.25) is 0 Å². The number of aromatic hydroxyl groups is 1. The summed E-state index contributed by atoms with van der Waals surface area (Å²) in [4.78, 5) is 2.16. The topological polar surface area (TPSA) is 131 Å². The van der Waals surface area contributed by atoms with E-state index in [2.05, 4.69) is 121 Å². The van der Waals surface area contributed by atoms with Gasteiger partial charge in [-0.3, -0.25) is 0 Å². The zero-order valence-electron chi connectivity index (χ0n) is 30.4. The highest BCUT2D eigenvalue weighted by Gasteiger charge is 2.34. The van der Waals surface area contributed by atoms with Gasteiger partial charge in [0.1, 0.15) is 42.5 Å². The Kier molecular flexibility index (Phi) is 12.9. The summed E-state index contributed by atoms with van der Waals surface area (Å²) in [5.74, 6) is 0.980. The maximum Gasteiger partial charge on any atom is 0.126 e. The van der Waals surface area contributed by atoms with Gasteiger partial charge in [-0.2, -0.15) is 0 Å². The largest absolute Gasteiger partial charge is 0.507 e. The molecular weight excluding hydrogens is 621 g/mol. The smallest absolute Gasteiger partial charge is 0.126 e. The molecule has 6 N–H and O–H groups in total. The molecule has 0 amide bonds. The van der Waals surface area contributed by atoms with Crippen molar-refractivity contribution in [3.63, 3.8) is 0 Å². The standard InChI is InChI=1S/C37H60O7S2/c1-33(2,3)23-15-21(16-24(29(23)41)34(4,5)6)45-37(13,14)46-22-17-25(35(7,8)9)32(26(18-22)36(10,11)12)44-20-28(40)31(43)30(42)27(39)19-38/h15-18,27-28,30-31,38-43H,19-20H2,1-14H3/t27-,28-,30-,31+/m1/s1. The monoisotopic (exact) mass is 680 g/mol. The fraction of sp³-hybridized carbons (Fsp3) is 0.676. The molecule has 0 aliphatic rings. The molecule has 9 heteroatoms. The second-order valence-corrected chi connectivity index (χ2v) is 20.6. The fourth-order valence-electron chi connectivity index (χ4n) is 5.16. The Bertz CT molecular complexity index is 1260. The van der Waals surface area contributed by atoms with Crippen LogP contribution in [-0.4, -0.2) is 72.3 Å². The summed E-state index contributed by atoms with van der Waals surface area (Å²) in [6.45, 7) is 28.6. The van der Waals surface area contributed by atoms with Crippen molar-refractivity contribution in [2.24, 2.45) is 0 Å². The van der Waals surface area contributed by atoms with Crippen LogP contribution in [0.1, 0.15) is 119 Å². The molecule has 262 valence electrons. The molecular formula is C37H60O7S2. The molecule has 46 heavy (non-hydrogen) atoms. The number of phenols is 1. The van der Waals surface area contributed by atoms with Crippen molar-refractivity contribution in [3.05, 3.63) is 46.5 Å². The van der Waals surface area contributed by atoms with E-state index in [0.29, 0.717) is 11.5 Å². The maximum atomic E-state index is 11.2. The Labute approximate surface area is 286 Å². The van der Waals surface area contributed by atoms with E-state index in [4.69, 9.17) is 9.84 Å². The van der Waals surface area contributed by atoms with E-state index >= 15 is 0 Å². The molecule has 0 bridgehead atoms. The minimum atomic E-state index is -1.72. The van der Waals surface area contributed by atoms with Crippen molar-refractivity contribution in [3.8, 4) is 11.5 Å². The van der Waals surface area contributed by atoms with Gasteiger partial charge >= 0.3 is 0 Å². The number of ether oxygens (including phenoxy) is 1. The molecule has 7 nitrogen and oxygen atoms in total. The Morgan fingerprint density at radius 3 is 1.22 bits per heavy atom. The van der Waals surface area contributed by atoms with Gasteiger partial charge in [0.25, 0.3) is 0 Å². The van der Waals surface area contributed by atoms with E-state index in [-0.39, 0.29) is 32.3 Å². The minimum Gasteiger partial charge on any atom is -0.507 e. The summed E-state index contributed by atoms with van der Waals surface area (Å²) in [5, 5.41) is 61.2. The molecule has 0 aliphatic carbocycles. The molecule has 0 spiro atoms. The molecule has 0 aromatic heterocycles. The van der Waals surface area contributed by atoms with Crippen LogP contribution < -0.4 is 4.74 Å². The van der Waals surface area contributed by atoms with Gasteiger partial charge in [0.15, 0.2) is 0 Å². The zero-order chi connectivity index (χ0) is 35.8. The first-order chi connectivity index (χ1) is 20.6. The van der Waals surface area contributed by atoms with Crippen molar-refractivity contribution < 1.29 is 35.4 Å². The van der Waals surface area contributed by atoms with Gasteiger partial charge in [-0.1, -0.05) is 83.1 Å². The summed E-state index contributed by atoms with van der Waals surface area (Å²) < 4.78 is 5.95. The average molecular weight is 681 g/mol. The van der Waals surface area contributed by atoms with Crippen molar-refractivity contribution in [2.45, 2.75) is 157 Å². The lowest BCUT2D eigenvalue weighted by Gasteiger charge is -2.33. The third-order valence-electron chi connectivity index (χ3n) is 7.83. The molecule has 0 aliphatic heterocycles. The lowest BCUT2D eigenvalue weighted by atomic mass is 9.79. The second-order valence-electron chi connectivity index (χ2n) is 16.9. The predicted octanol–water partition coefficient (Wildman–Crippen LogP) is 7.02. The van der Waals surface area contributed by atoms with E-state index in [1.54, 1.807) is 23.5 Å². The summed E-state index contributed by atoms with van der Waals surface area (Å²) in [6, 6.07) is 8.49. The van der Waals surface area contributed by atoms with Crippen LogP contribution in [0.5, 0.6) is 11.5 Å². The van der Waals surface area contributed by atoms with E-state index in [1.807, 2.05) is 0 Å². The number of aliphatic hydroxyl groups excluding tert-OH is 5. The van der Waals surface area contributed by atoms with Crippen molar-refractivity contribution in [1.29, 1.82) is 0 Å². The van der Waals surface area contributed by atoms with Crippen LogP contribution in [-0.2, 0) is 21.7 Å². The number of benzene rings is 2. The molecule has 2 aromatic carbocycles. The van der Waals surface area contributed by atoms with Crippen molar-refractivity contribution in [2.75, 3.05) is 13.2 Å². The van der Waals surface area contributed by atoms with Crippen molar-refractivity contribution >= 4 is 23.5 Å². The predicted molar refractivity (Wildman–Crippen MR) is 192 cm³/mol. The van der Waals surface area contributed by atoms with Crippen LogP contribution in [0.25, 0.3) is 0 Å². The highest BCUT2D eigenvalue weighted by atomic mass is 32.2. The Morgan fingerprint density at radius 2 is 0.891 bits per heavy atom. The normalized spacial score (nSPS) is 16.2. The van der Waals surface area contributed by atoms with Crippen LogP contribution in [0.4, 0.5) is 0 Å². The van der Waals surface area contributed by atoms with E-state index in [1.165, 1.54) is 0 Å². The van der Waals surface area contributed by atoms with Gasteiger partial charge in [-0.05, 0) is 59.8 Å². The first-order valence-electron chi connectivity index (χ1n) is 16.0. The molecule has 0 radical (unpaired) electrons. The molecule has 0 saturated heterocycles. The highest BCUT2D eigenvalue weighted by molar-refractivity contribution is 8.18. The molecule has 4 atom stereocenters. The molecule has 2 aromatic rings. The maximum absolute atomic E-state index is 11.2. The molecule has 2 rings (SSSR count). The van der Waals surface area contributed by atoms with E-state index in [0.717, 1.165) is 32.0 Å². The van der Waals surface area contributed by atoms with Gasteiger partial charge < -0.3 is 35.4 Å². The Morgan fingerprint density at radius 1 is 0.565 bits per heavy atom. The number of thioether (sulfide) groups is 2. The van der Waals surface area contributed by atoms with E-state index in [9.17, 15) is 25.5 Å². The lowest BCUT2D eigenvalue weighted by molar-refractivity contribution is -0.121. The van der Waals surface area contributed by atoms with Crippen LogP contribution in [0.15, 0.2) is 34.1 Å². The van der Waals surface area contributed by atoms with Gasteiger partial charge in [0.2, 0.25) is 0 Å². The number of rotatable bonds is 11. The fourth-order valence-corrected chi connectivity index (χ4v) is 7.75. The molecule has 0 unspecified atom stereocenters. The lowest BCUT2D eigenvalue weighted by Crippen LogP contribution is -2.47. The Hall–Kier alpha value is -1.46. The molecule has 0 saturated carbocycles. The molecule has 0 heterocycles. The summed E-state index contributed by atoms with van der Waals surface area (Å²) >= 11 is 3.51. The van der Waals surface area contributed by atoms with Gasteiger partial charge in [0.05, 0.1) is 10.7 Å².